The second-order valence-electron chi connectivity index (χ2n) is 5.06. The number of benzene rings is 1. The number of hydrogen-bond acceptors (Lipinski definition) is 5. The number of aryl methyl sites for hydroxylation is 1. The van der Waals surface area contributed by atoms with Gasteiger partial charge < -0.3 is 4.74 Å². The minimum atomic E-state index is -0.385. The number of amides is 1. The Morgan fingerprint density at radius 2 is 2.20 bits per heavy atom. The van der Waals surface area contributed by atoms with Gasteiger partial charge in [-0.3, -0.25) is 15.1 Å². The normalized spacial score (nSPS) is 10.5. The highest BCUT2D eigenvalue weighted by Gasteiger charge is 2.13. The number of pyridine rings is 1. The largest absolute Gasteiger partial charge is 0.483 e. The van der Waals surface area contributed by atoms with Gasteiger partial charge in [0.05, 0.1) is 20.7 Å². The lowest BCUT2D eigenvalue weighted by atomic mass is 10.3. The molecule has 0 saturated heterocycles. The predicted octanol–water partition coefficient (Wildman–Crippen LogP) is 4.43. The van der Waals surface area contributed by atoms with E-state index in [2.05, 4.69) is 31.2 Å². The van der Waals surface area contributed by atoms with Crippen LogP contribution in [0.25, 0.3) is 10.6 Å². The van der Waals surface area contributed by atoms with E-state index in [0.29, 0.717) is 15.4 Å². The zero-order valence-corrected chi connectivity index (χ0v) is 15.5. The smallest absolute Gasteiger partial charge is 0.264 e. The van der Waals surface area contributed by atoms with Crippen LogP contribution in [0.1, 0.15) is 5.69 Å². The second-order valence-corrected chi connectivity index (χ2v) is 6.91. The van der Waals surface area contributed by atoms with Gasteiger partial charge in [-0.15, -0.1) is 0 Å². The van der Waals surface area contributed by atoms with Gasteiger partial charge in [0.25, 0.3) is 5.91 Å². The Morgan fingerprint density at radius 1 is 1.36 bits per heavy atom. The number of ether oxygens (including phenoxy) is 1. The Bertz CT molecular complexity index is 902. The highest BCUT2D eigenvalue weighted by atomic mass is 79.9. The molecule has 3 rings (SSSR count). The molecule has 0 aliphatic rings. The van der Waals surface area contributed by atoms with Crippen molar-refractivity contribution in [2.24, 2.45) is 0 Å². The molecule has 0 unspecified atom stereocenters. The zero-order valence-electron chi connectivity index (χ0n) is 13.1. The Labute approximate surface area is 156 Å². The van der Waals surface area contributed by atoms with Crippen molar-refractivity contribution in [2.45, 2.75) is 6.92 Å². The summed E-state index contributed by atoms with van der Waals surface area (Å²) < 4.78 is 18.9. The average Bonchev–Trinajstić information content (AvgIpc) is 2.95. The van der Waals surface area contributed by atoms with Gasteiger partial charge in [-0.05, 0) is 53.2 Å². The number of nitrogens with zero attached hydrogens (tertiary/aromatic N) is 2. The molecular weight excluding hydrogens is 409 g/mol. The fraction of sp³-hybridized carbons (Fsp3) is 0.118. The molecule has 0 spiro atoms. The zero-order chi connectivity index (χ0) is 17.8. The van der Waals surface area contributed by atoms with Gasteiger partial charge in [-0.2, -0.15) is 0 Å². The molecule has 128 valence electrons. The summed E-state index contributed by atoms with van der Waals surface area (Å²) in [6, 6.07) is 9.63. The molecular formula is C17H13BrFN3O2S. The van der Waals surface area contributed by atoms with E-state index < -0.39 is 0 Å². The molecule has 8 heteroatoms. The van der Waals surface area contributed by atoms with Crippen LogP contribution in [-0.4, -0.2) is 22.5 Å². The van der Waals surface area contributed by atoms with Gasteiger partial charge in [0, 0.05) is 6.20 Å². The molecule has 1 N–H and O–H groups in total. The maximum atomic E-state index is 13.0. The number of carbonyl (C=O) groups excluding carboxylic acids is 1. The molecule has 1 aromatic carbocycles. The molecule has 2 aromatic heterocycles. The van der Waals surface area contributed by atoms with Crippen molar-refractivity contribution in [1.82, 2.24) is 9.97 Å². The van der Waals surface area contributed by atoms with E-state index >= 15 is 0 Å². The summed E-state index contributed by atoms with van der Waals surface area (Å²) >= 11 is 4.54. The van der Waals surface area contributed by atoms with Gasteiger partial charge in [-0.25, -0.2) is 9.37 Å². The van der Waals surface area contributed by atoms with Gasteiger partial charge in [-0.1, -0.05) is 17.4 Å². The SMILES string of the molecule is Cc1nc(NC(=O)COc2ccc(F)cc2Br)sc1-c1ccccn1. The average molecular weight is 422 g/mol. The molecule has 0 aliphatic carbocycles. The molecule has 2 heterocycles. The van der Waals surface area contributed by atoms with Crippen LogP contribution < -0.4 is 10.1 Å². The van der Waals surface area contributed by atoms with Crippen molar-refractivity contribution in [3.63, 3.8) is 0 Å². The third-order valence-corrected chi connectivity index (χ3v) is 4.91. The number of halogens is 2. The standard InChI is InChI=1S/C17H13BrFN3O2S/c1-10-16(13-4-2-3-7-20-13)25-17(21-10)22-15(23)9-24-14-6-5-11(19)8-12(14)18/h2-8H,9H2,1H3,(H,21,22,23). The van der Waals surface area contributed by atoms with Crippen LogP contribution in [0.5, 0.6) is 5.75 Å². The van der Waals surface area contributed by atoms with Crippen LogP contribution in [0.15, 0.2) is 47.1 Å². The van der Waals surface area contributed by atoms with E-state index in [9.17, 15) is 9.18 Å². The Morgan fingerprint density at radius 3 is 2.92 bits per heavy atom. The summed E-state index contributed by atoms with van der Waals surface area (Å²) in [7, 11) is 0. The topological polar surface area (TPSA) is 64.1 Å². The van der Waals surface area contributed by atoms with Crippen LogP contribution >= 0.6 is 27.3 Å². The highest BCUT2D eigenvalue weighted by Crippen LogP contribution is 2.31. The van der Waals surface area contributed by atoms with Gasteiger partial charge in [0.2, 0.25) is 0 Å². The fourth-order valence-corrected chi connectivity index (χ4v) is 3.50. The Balaban J connectivity index is 1.63. The maximum absolute atomic E-state index is 13.0. The van der Waals surface area contributed by atoms with Crippen molar-refractivity contribution >= 4 is 38.3 Å². The van der Waals surface area contributed by atoms with E-state index in [-0.39, 0.29) is 18.3 Å². The van der Waals surface area contributed by atoms with E-state index in [0.717, 1.165) is 16.3 Å². The summed E-state index contributed by atoms with van der Waals surface area (Å²) in [5.41, 5.74) is 1.60. The molecule has 0 aliphatic heterocycles. The lowest BCUT2D eigenvalue weighted by Gasteiger charge is -2.07. The second kappa shape index (κ2) is 7.71. The number of rotatable bonds is 5. The lowest BCUT2D eigenvalue weighted by molar-refractivity contribution is -0.118. The first kappa shape index (κ1) is 17.5. The van der Waals surface area contributed by atoms with Crippen molar-refractivity contribution < 1.29 is 13.9 Å². The van der Waals surface area contributed by atoms with Crippen LogP contribution in [0, 0.1) is 12.7 Å². The Hall–Kier alpha value is -2.32. The first-order valence-corrected chi connectivity index (χ1v) is 8.90. The first-order valence-electron chi connectivity index (χ1n) is 7.29. The molecule has 5 nitrogen and oxygen atoms in total. The summed E-state index contributed by atoms with van der Waals surface area (Å²) in [5.74, 6) is -0.345. The van der Waals surface area contributed by atoms with Crippen LogP contribution in [0.3, 0.4) is 0 Å². The van der Waals surface area contributed by atoms with Gasteiger partial charge in [0.15, 0.2) is 11.7 Å². The van der Waals surface area contributed by atoms with Gasteiger partial charge in [0.1, 0.15) is 11.6 Å². The molecule has 0 saturated carbocycles. The van der Waals surface area contributed by atoms with E-state index in [1.807, 2.05) is 25.1 Å². The quantitative estimate of drug-likeness (QED) is 0.661. The summed E-state index contributed by atoms with van der Waals surface area (Å²) in [4.78, 5) is 21.6. The number of thiazole rings is 1. The number of carbonyl (C=O) groups is 1. The van der Waals surface area contributed by atoms with Crippen molar-refractivity contribution in [1.29, 1.82) is 0 Å². The van der Waals surface area contributed by atoms with E-state index in [1.165, 1.54) is 29.5 Å². The Kier molecular flexibility index (Phi) is 5.40. The molecule has 0 fully saturated rings. The summed E-state index contributed by atoms with van der Waals surface area (Å²) in [5, 5.41) is 3.18. The van der Waals surface area contributed by atoms with Crippen molar-refractivity contribution in [3.05, 3.63) is 58.6 Å². The van der Waals surface area contributed by atoms with Gasteiger partial charge >= 0.3 is 0 Å². The fourth-order valence-electron chi connectivity index (χ4n) is 2.08. The van der Waals surface area contributed by atoms with E-state index in [4.69, 9.17) is 4.74 Å². The van der Waals surface area contributed by atoms with Crippen LogP contribution in [0.4, 0.5) is 9.52 Å². The minimum absolute atomic E-state index is 0.207. The van der Waals surface area contributed by atoms with E-state index in [1.54, 1.807) is 6.20 Å². The van der Waals surface area contributed by atoms with Crippen molar-refractivity contribution in [2.75, 3.05) is 11.9 Å². The minimum Gasteiger partial charge on any atom is -0.483 e. The van der Waals surface area contributed by atoms with Crippen LogP contribution in [-0.2, 0) is 4.79 Å². The third-order valence-electron chi connectivity index (χ3n) is 3.19. The first-order chi connectivity index (χ1) is 12.0. The monoisotopic (exact) mass is 421 g/mol. The number of aromatic nitrogens is 2. The molecule has 3 aromatic rings. The third kappa shape index (κ3) is 4.40. The molecule has 1 amide bonds. The maximum Gasteiger partial charge on any atom is 0.264 e. The number of hydrogen-bond donors (Lipinski definition) is 1. The summed E-state index contributed by atoms with van der Waals surface area (Å²) in [6.07, 6.45) is 1.71. The number of nitrogens with one attached hydrogen (secondary N) is 1. The summed E-state index contributed by atoms with van der Waals surface area (Å²) in [6.45, 7) is 1.66. The molecule has 0 radical (unpaired) electrons. The molecule has 0 bridgehead atoms. The number of anilines is 1. The van der Waals surface area contributed by atoms with Crippen molar-refractivity contribution in [3.8, 4) is 16.3 Å². The van der Waals surface area contributed by atoms with Crippen LogP contribution in [0.2, 0.25) is 0 Å². The highest BCUT2D eigenvalue weighted by molar-refractivity contribution is 9.10. The molecule has 0 atom stereocenters. The predicted molar refractivity (Wildman–Crippen MR) is 98.3 cm³/mol. The molecule has 25 heavy (non-hydrogen) atoms. The lowest BCUT2D eigenvalue weighted by Crippen LogP contribution is -2.20.